The number of amides is 1. The van der Waals surface area contributed by atoms with E-state index in [9.17, 15) is 4.79 Å². The summed E-state index contributed by atoms with van der Waals surface area (Å²) in [6.45, 7) is 1.55. The van der Waals surface area contributed by atoms with E-state index in [-0.39, 0.29) is 12.0 Å². The molecule has 1 atom stereocenters. The molecule has 6 heteroatoms. The van der Waals surface area contributed by atoms with Crippen LogP contribution in [0.4, 0.5) is 0 Å². The summed E-state index contributed by atoms with van der Waals surface area (Å²) in [5.74, 6) is -0.0590. The van der Waals surface area contributed by atoms with Gasteiger partial charge in [0.05, 0.1) is 18.8 Å². The summed E-state index contributed by atoms with van der Waals surface area (Å²) in [5, 5.41) is 6.58. The second-order valence-electron chi connectivity index (χ2n) is 6.30. The number of pyridine rings is 1. The normalized spacial score (nSPS) is 17.2. The highest BCUT2D eigenvalue weighted by Gasteiger charge is 2.27. The maximum Gasteiger partial charge on any atom is 0.272 e. The number of nitrogens with zero attached hydrogens (tertiary/aromatic N) is 3. The first kappa shape index (κ1) is 16.5. The molecule has 1 saturated heterocycles. The SMILES string of the molecule is O=C(c1ccn[nH]1)N1CCO[C@@H](c2cccc(Cc3ccccc3)n2)C1. The van der Waals surface area contributed by atoms with Crippen molar-refractivity contribution in [2.75, 3.05) is 19.7 Å². The molecule has 1 amide bonds. The number of carbonyl (C=O) groups excluding carboxylic acids is 1. The molecule has 1 aromatic carbocycles. The number of rotatable bonds is 4. The largest absolute Gasteiger partial charge is 0.368 e. The van der Waals surface area contributed by atoms with Gasteiger partial charge < -0.3 is 9.64 Å². The van der Waals surface area contributed by atoms with E-state index in [1.165, 1.54) is 5.56 Å². The zero-order valence-corrected chi connectivity index (χ0v) is 14.3. The first-order valence-corrected chi connectivity index (χ1v) is 8.69. The number of nitrogens with one attached hydrogen (secondary N) is 1. The number of aromatic nitrogens is 3. The van der Waals surface area contributed by atoms with Gasteiger partial charge in [-0.05, 0) is 23.8 Å². The van der Waals surface area contributed by atoms with Gasteiger partial charge in [-0.3, -0.25) is 14.9 Å². The molecule has 1 fully saturated rings. The monoisotopic (exact) mass is 348 g/mol. The Morgan fingerprint density at radius 3 is 2.85 bits per heavy atom. The van der Waals surface area contributed by atoms with Crippen molar-refractivity contribution in [3.8, 4) is 0 Å². The van der Waals surface area contributed by atoms with Crippen molar-refractivity contribution in [3.05, 3.63) is 83.4 Å². The lowest BCUT2D eigenvalue weighted by molar-refractivity contribution is -0.0249. The third-order valence-electron chi connectivity index (χ3n) is 4.47. The van der Waals surface area contributed by atoms with Gasteiger partial charge in [-0.1, -0.05) is 36.4 Å². The Labute approximate surface area is 151 Å². The average Bonchev–Trinajstić information content (AvgIpc) is 3.23. The van der Waals surface area contributed by atoms with Crippen molar-refractivity contribution < 1.29 is 9.53 Å². The van der Waals surface area contributed by atoms with Gasteiger partial charge in [-0.15, -0.1) is 0 Å². The van der Waals surface area contributed by atoms with Crippen LogP contribution in [0.2, 0.25) is 0 Å². The number of benzene rings is 1. The van der Waals surface area contributed by atoms with Crippen molar-refractivity contribution in [2.24, 2.45) is 0 Å². The van der Waals surface area contributed by atoms with Crippen molar-refractivity contribution in [3.63, 3.8) is 0 Å². The highest BCUT2D eigenvalue weighted by atomic mass is 16.5. The van der Waals surface area contributed by atoms with E-state index in [0.29, 0.717) is 25.4 Å². The Kier molecular flexibility index (Phi) is 4.75. The molecular formula is C20H20N4O2. The van der Waals surface area contributed by atoms with E-state index in [4.69, 9.17) is 9.72 Å². The third kappa shape index (κ3) is 3.65. The van der Waals surface area contributed by atoms with Gasteiger partial charge in [0.1, 0.15) is 11.8 Å². The molecule has 0 aliphatic carbocycles. The lowest BCUT2D eigenvalue weighted by Gasteiger charge is -2.32. The zero-order valence-electron chi connectivity index (χ0n) is 14.3. The first-order chi connectivity index (χ1) is 12.8. The molecule has 26 heavy (non-hydrogen) atoms. The van der Waals surface area contributed by atoms with Gasteiger partial charge in [0.15, 0.2) is 0 Å². The second kappa shape index (κ2) is 7.49. The van der Waals surface area contributed by atoms with E-state index in [1.54, 1.807) is 17.2 Å². The van der Waals surface area contributed by atoms with Crippen molar-refractivity contribution >= 4 is 5.91 Å². The minimum Gasteiger partial charge on any atom is -0.368 e. The van der Waals surface area contributed by atoms with Crippen LogP contribution in [0.5, 0.6) is 0 Å². The van der Waals surface area contributed by atoms with Crippen LogP contribution >= 0.6 is 0 Å². The molecule has 0 spiro atoms. The van der Waals surface area contributed by atoms with Gasteiger partial charge in [0.2, 0.25) is 0 Å². The van der Waals surface area contributed by atoms with Gasteiger partial charge in [0.25, 0.3) is 5.91 Å². The summed E-state index contributed by atoms with van der Waals surface area (Å²) >= 11 is 0. The molecule has 3 aromatic rings. The number of H-pyrrole nitrogens is 1. The van der Waals surface area contributed by atoms with E-state index in [0.717, 1.165) is 17.8 Å². The standard InChI is InChI=1S/C20H20N4O2/c25-20(18-9-10-21-23-18)24-11-12-26-19(14-24)17-8-4-7-16(22-17)13-15-5-2-1-3-6-15/h1-10,19H,11-14H2,(H,21,23)/t19-/m1/s1. The van der Waals surface area contributed by atoms with Gasteiger partial charge >= 0.3 is 0 Å². The Hall–Kier alpha value is -2.99. The number of aromatic amines is 1. The van der Waals surface area contributed by atoms with Crippen molar-refractivity contribution in [2.45, 2.75) is 12.5 Å². The van der Waals surface area contributed by atoms with E-state index in [1.807, 2.05) is 36.4 Å². The maximum absolute atomic E-state index is 12.5. The first-order valence-electron chi connectivity index (χ1n) is 8.69. The Morgan fingerprint density at radius 1 is 1.15 bits per heavy atom. The minimum absolute atomic E-state index is 0.0590. The second-order valence-corrected chi connectivity index (χ2v) is 6.30. The Bertz CT molecular complexity index is 865. The van der Waals surface area contributed by atoms with Crippen LogP contribution in [0.25, 0.3) is 0 Å². The fourth-order valence-corrected chi connectivity index (χ4v) is 3.14. The van der Waals surface area contributed by atoms with E-state index < -0.39 is 0 Å². The van der Waals surface area contributed by atoms with Crippen LogP contribution < -0.4 is 0 Å². The van der Waals surface area contributed by atoms with Crippen LogP contribution in [-0.2, 0) is 11.2 Å². The minimum atomic E-state index is -0.216. The molecule has 1 aliphatic heterocycles. The van der Waals surface area contributed by atoms with Gasteiger partial charge in [0, 0.05) is 24.9 Å². The Morgan fingerprint density at radius 2 is 2.04 bits per heavy atom. The van der Waals surface area contributed by atoms with Crippen LogP contribution in [0.1, 0.15) is 33.5 Å². The number of hydrogen-bond acceptors (Lipinski definition) is 4. The van der Waals surface area contributed by atoms with Crippen LogP contribution in [0, 0.1) is 0 Å². The number of hydrogen-bond donors (Lipinski definition) is 1. The molecular weight excluding hydrogens is 328 g/mol. The summed E-state index contributed by atoms with van der Waals surface area (Å²) in [6.07, 6.45) is 2.14. The molecule has 0 bridgehead atoms. The van der Waals surface area contributed by atoms with Crippen molar-refractivity contribution in [1.82, 2.24) is 20.1 Å². The molecule has 0 radical (unpaired) electrons. The summed E-state index contributed by atoms with van der Waals surface area (Å²) in [4.78, 5) is 19.1. The van der Waals surface area contributed by atoms with Crippen LogP contribution in [0.3, 0.4) is 0 Å². The predicted octanol–water partition coefficient (Wildman–Crippen LogP) is 2.61. The van der Waals surface area contributed by atoms with Gasteiger partial charge in [-0.2, -0.15) is 5.10 Å². The zero-order chi connectivity index (χ0) is 17.8. The quantitative estimate of drug-likeness (QED) is 0.787. The molecule has 1 N–H and O–H groups in total. The molecule has 3 heterocycles. The van der Waals surface area contributed by atoms with Gasteiger partial charge in [-0.25, -0.2) is 0 Å². The summed E-state index contributed by atoms with van der Waals surface area (Å²) in [5.41, 5.74) is 3.57. The lowest BCUT2D eigenvalue weighted by Crippen LogP contribution is -2.42. The van der Waals surface area contributed by atoms with Crippen molar-refractivity contribution in [1.29, 1.82) is 0 Å². The smallest absolute Gasteiger partial charge is 0.272 e. The summed E-state index contributed by atoms with van der Waals surface area (Å²) in [7, 11) is 0. The third-order valence-corrected chi connectivity index (χ3v) is 4.47. The van der Waals surface area contributed by atoms with E-state index in [2.05, 4.69) is 22.3 Å². The average molecular weight is 348 g/mol. The number of carbonyl (C=O) groups is 1. The molecule has 2 aromatic heterocycles. The highest BCUT2D eigenvalue weighted by Crippen LogP contribution is 2.22. The maximum atomic E-state index is 12.5. The molecule has 0 saturated carbocycles. The Balaban J connectivity index is 1.48. The molecule has 132 valence electrons. The predicted molar refractivity (Wildman–Crippen MR) is 96.7 cm³/mol. The molecule has 0 unspecified atom stereocenters. The fraction of sp³-hybridized carbons (Fsp3) is 0.250. The topological polar surface area (TPSA) is 71.1 Å². The van der Waals surface area contributed by atoms with Crippen LogP contribution in [-0.4, -0.2) is 45.7 Å². The number of ether oxygens (including phenoxy) is 1. The lowest BCUT2D eigenvalue weighted by atomic mass is 10.1. The highest BCUT2D eigenvalue weighted by molar-refractivity contribution is 5.92. The number of morpholine rings is 1. The summed E-state index contributed by atoms with van der Waals surface area (Å²) in [6, 6.07) is 17.9. The fourth-order valence-electron chi connectivity index (χ4n) is 3.14. The molecule has 6 nitrogen and oxygen atoms in total. The van der Waals surface area contributed by atoms with E-state index >= 15 is 0 Å². The molecule has 1 aliphatic rings. The molecule has 4 rings (SSSR count). The summed E-state index contributed by atoms with van der Waals surface area (Å²) < 4.78 is 5.88. The van der Waals surface area contributed by atoms with Crippen LogP contribution in [0.15, 0.2) is 60.8 Å².